The molecular formula is C22H20N2O2. The van der Waals surface area contributed by atoms with Crippen molar-refractivity contribution in [2.45, 2.75) is 13.0 Å². The highest BCUT2D eigenvalue weighted by atomic mass is 16.3. The molecule has 0 aliphatic rings. The first-order valence-electron chi connectivity index (χ1n) is 8.70. The molecule has 1 aromatic heterocycles. The first kappa shape index (κ1) is 16.4. The van der Waals surface area contributed by atoms with E-state index in [4.69, 9.17) is 4.42 Å². The Labute approximate surface area is 151 Å². The Morgan fingerprint density at radius 2 is 1.65 bits per heavy atom. The average Bonchev–Trinajstić information content (AvgIpc) is 3.05. The number of amides is 1. The summed E-state index contributed by atoms with van der Waals surface area (Å²) < 4.78 is 5.82. The zero-order chi connectivity index (χ0) is 17.9. The third-order valence-corrected chi connectivity index (χ3v) is 4.53. The Hall–Kier alpha value is -3.11. The molecule has 0 aliphatic heterocycles. The minimum absolute atomic E-state index is 0.0695. The van der Waals surface area contributed by atoms with Crippen LogP contribution in [0.5, 0.6) is 0 Å². The van der Waals surface area contributed by atoms with Crippen LogP contribution in [0.3, 0.4) is 0 Å². The molecule has 0 unspecified atom stereocenters. The first-order chi connectivity index (χ1) is 12.7. The van der Waals surface area contributed by atoms with E-state index in [1.54, 1.807) is 0 Å². The second-order valence-electron chi connectivity index (χ2n) is 6.37. The van der Waals surface area contributed by atoms with E-state index in [2.05, 4.69) is 10.6 Å². The van der Waals surface area contributed by atoms with E-state index in [1.165, 1.54) is 0 Å². The van der Waals surface area contributed by atoms with E-state index < -0.39 is 0 Å². The second-order valence-corrected chi connectivity index (χ2v) is 6.37. The molecule has 2 N–H and O–H groups in total. The van der Waals surface area contributed by atoms with Gasteiger partial charge in [-0.1, -0.05) is 48.5 Å². The van der Waals surface area contributed by atoms with Crippen molar-refractivity contribution in [3.8, 4) is 0 Å². The number of benzene rings is 3. The number of para-hydroxylation sites is 1. The molecular weight excluding hydrogens is 324 g/mol. The van der Waals surface area contributed by atoms with Crippen LogP contribution in [0.1, 0.15) is 18.5 Å². The minimum atomic E-state index is -0.0695. The van der Waals surface area contributed by atoms with Gasteiger partial charge in [-0.3, -0.25) is 4.79 Å². The van der Waals surface area contributed by atoms with Crippen LogP contribution in [0.2, 0.25) is 0 Å². The molecule has 0 spiro atoms. The van der Waals surface area contributed by atoms with Gasteiger partial charge in [0, 0.05) is 22.5 Å². The van der Waals surface area contributed by atoms with Crippen LogP contribution in [0.4, 0.5) is 5.69 Å². The Morgan fingerprint density at radius 3 is 2.50 bits per heavy atom. The lowest BCUT2D eigenvalue weighted by Crippen LogP contribution is -2.30. The number of hydrogen-bond donors (Lipinski definition) is 2. The standard InChI is InChI=1S/C22H20N2O2/c1-15(16-7-3-2-4-8-16)23-14-22(25)24-17-11-12-21-19(13-17)18-9-5-6-10-20(18)26-21/h2-13,15,23H,14H2,1H3,(H,24,25)/t15-/m1/s1. The molecule has 0 radical (unpaired) electrons. The van der Waals surface area contributed by atoms with Crippen molar-refractivity contribution in [2.24, 2.45) is 0 Å². The van der Waals surface area contributed by atoms with Crippen molar-refractivity contribution in [1.82, 2.24) is 5.32 Å². The normalized spacial score (nSPS) is 12.3. The van der Waals surface area contributed by atoms with E-state index >= 15 is 0 Å². The molecule has 4 aromatic rings. The SMILES string of the molecule is C[C@@H](NCC(=O)Nc1ccc2oc3ccccc3c2c1)c1ccccc1. The van der Waals surface area contributed by atoms with Gasteiger partial charge in [0.15, 0.2) is 0 Å². The molecule has 4 rings (SSSR count). The number of hydrogen-bond acceptors (Lipinski definition) is 3. The summed E-state index contributed by atoms with van der Waals surface area (Å²) in [6.07, 6.45) is 0. The van der Waals surface area contributed by atoms with Gasteiger partial charge in [0.1, 0.15) is 11.2 Å². The van der Waals surface area contributed by atoms with Gasteiger partial charge >= 0.3 is 0 Å². The number of rotatable bonds is 5. The summed E-state index contributed by atoms with van der Waals surface area (Å²) in [5, 5.41) is 8.26. The van der Waals surface area contributed by atoms with Crippen molar-refractivity contribution >= 4 is 33.5 Å². The molecule has 3 aromatic carbocycles. The van der Waals surface area contributed by atoms with E-state index in [0.29, 0.717) is 0 Å². The van der Waals surface area contributed by atoms with Gasteiger partial charge in [-0.25, -0.2) is 0 Å². The number of nitrogens with one attached hydrogen (secondary N) is 2. The predicted molar refractivity (Wildman–Crippen MR) is 105 cm³/mol. The fourth-order valence-corrected chi connectivity index (χ4v) is 3.11. The van der Waals surface area contributed by atoms with Crippen LogP contribution in [0.25, 0.3) is 21.9 Å². The molecule has 1 heterocycles. The Morgan fingerprint density at radius 1 is 0.923 bits per heavy atom. The maximum absolute atomic E-state index is 12.3. The molecule has 0 aliphatic carbocycles. The van der Waals surface area contributed by atoms with Crippen molar-refractivity contribution in [2.75, 3.05) is 11.9 Å². The van der Waals surface area contributed by atoms with Crippen molar-refractivity contribution in [1.29, 1.82) is 0 Å². The summed E-state index contributed by atoms with van der Waals surface area (Å²) in [5.41, 5.74) is 3.60. The molecule has 0 bridgehead atoms. The van der Waals surface area contributed by atoms with Gasteiger partial charge in [-0.15, -0.1) is 0 Å². The summed E-state index contributed by atoms with van der Waals surface area (Å²) in [6.45, 7) is 2.30. The topological polar surface area (TPSA) is 54.3 Å². The molecule has 26 heavy (non-hydrogen) atoms. The van der Waals surface area contributed by atoms with Gasteiger partial charge in [-0.2, -0.15) is 0 Å². The first-order valence-corrected chi connectivity index (χ1v) is 8.70. The quantitative estimate of drug-likeness (QED) is 0.543. The third kappa shape index (κ3) is 3.32. The molecule has 130 valence electrons. The van der Waals surface area contributed by atoms with Gasteiger partial charge in [0.05, 0.1) is 6.54 Å². The fourth-order valence-electron chi connectivity index (χ4n) is 3.11. The zero-order valence-electron chi connectivity index (χ0n) is 14.5. The number of furan rings is 1. The Kier molecular flexibility index (Phi) is 4.42. The molecule has 1 atom stereocenters. The van der Waals surface area contributed by atoms with Crippen LogP contribution < -0.4 is 10.6 Å². The lowest BCUT2D eigenvalue weighted by Gasteiger charge is -2.14. The average molecular weight is 344 g/mol. The molecule has 0 saturated carbocycles. The molecule has 1 amide bonds. The Balaban J connectivity index is 1.45. The highest BCUT2D eigenvalue weighted by Gasteiger charge is 2.10. The molecule has 4 nitrogen and oxygen atoms in total. The van der Waals surface area contributed by atoms with Crippen LogP contribution in [-0.2, 0) is 4.79 Å². The zero-order valence-corrected chi connectivity index (χ0v) is 14.5. The summed E-state index contributed by atoms with van der Waals surface area (Å²) in [4.78, 5) is 12.3. The molecule has 4 heteroatoms. The highest BCUT2D eigenvalue weighted by molar-refractivity contribution is 6.07. The van der Waals surface area contributed by atoms with Gasteiger partial charge in [0.25, 0.3) is 0 Å². The Bertz CT molecular complexity index is 1050. The van der Waals surface area contributed by atoms with Crippen molar-refractivity contribution < 1.29 is 9.21 Å². The monoisotopic (exact) mass is 344 g/mol. The fraction of sp³-hybridized carbons (Fsp3) is 0.136. The second kappa shape index (κ2) is 7.02. The van der Waals surface area contributed by atoms with Crippen molar-refractivity contribution in [3.63, 3.8) is 0 Å². The summed E-state index contributed by atoms with van der Waals surface area (Å²) >= 11 is 0. The van der Waals surface area contributed by atoms with Gasteiger partial charge in [-0.05, 0) is 36.8 Å². The van der Waals surface area contributed by atoms with Gasteiger partial charge < -0.3 is 15.1 Å². The maximum atomic E-state index is 12.3. The molecule has 0 fully saturated rings. The third-order valence-electron chi connectivity index (χ3n) is 4.53. The van der Waals surface area contributed by atoms with Crippen molar-refractivity contribution in [3.05, 3.63) is 78.4 Å². The number of anilines is 1. The van der Waals surface area contributed by atoms with E-state index in [0.717, 1.165) is 33.2 Å². The highest BCUT2D eigenvalue weighted by Crippen LogP contribution is 2.30. The largest absolute Gasteiger partial charge is 0.456 e. The van der Waals surface area contributed by atoms with E-state index in [-0.39, 0.29) is 18.5 Å². The minimum Gasteiger partial charge on any atom is -0.456 e. The van der Waals surface area contributed by atoms with E-state index in [1.807, 2.05) is 79.7 Å². The molecule has 0 saturated heterocycles. The lowest BCUT2D eigenvalue weighted by molar-refractivity contribution is -0.115. The smallest absolute Gasteiger partial charge is 0.238 e. The van der Waals surface area contributed by atoms with E-state index in [9.17, 15) is 4.79 Å². The summed E-state index contributed by atoms with van der Waals surface area (Å²) in [6, 6.07) is 23.8. The summed E-state index contributed by atoms with van der Waals surface area (Å²) in [7, 11) is 0. The lowest BCUT2D eigenvalue weighted by atomic mass is 10.1. The van der Waals surface area contributed by atoms with Gasteiger partial charge in [0.2, 0.25) is 5.91 Å². The predicted octanol–water partition coefficient (Wildman–Crippen LogP) is 4.88. The van der Waals surface area contributed by atoms with Crippen LogP contribution in [0.15, 0.2) is 77.2 Å². The number of fused-ring (bicyclic) bond motifs is 3. The summed E-state index contributed by atoms with van der Waals surface area (Å²) in [5.74, 6) is -0.0695. The number of carbonyl (C=O) groups is 1. The van der Waals surface area contributed by atoms with Crippen LogP contribution in [0, 0.1) is 0 Å². The van der Waals surface area contributed by atoms with Crippen LogP contribution >= 0.6 is 0 Å². The van der Waals surface area contributed by atoms with Crippen LogP contribution in [-0.4, -0.2) is 12.5 Å². The number of carbonyl (C=O) groups excluding carboxylic acids is 1. The maximum Gasteiger partial charge on any atom is 0.238 e.